The predicted octanol–water partition coefficient (Wildman–Crippen LogP) is 33.8. The molecule has 6 aromatic heterocycles. The molecule has 0 amide bonds. The Bertz CT molecular complexity index is 4240. The lowest BCUT2D eigenvalue weighted by atomic mass is 9.65. The van der Waals surface area contributed by atoms with Crippen LogP contribution in [0.1, 0.15) is 357 Å². The molecule has 0 spiro atoms. The molecule has 548 valence electrons. The van der Waals surface area contributed by atoms with Crippen LogP contribution in [0.15, 0.2) is 132 Å². The van der Waals surface area contributed by atoms with Gasteiger partial charge in [0.05, 0.1) is 39.0 Å². The van der Waals surface area contributed by atoms with Crippen LogP contribution in [0.5, 0.6) is 0 Å². The number of fused-ring (bicyclic) bond motifs is 14. The van der Waals surface area contributed by atoms with Crippen molar-refractivity contribution in [1.29, 1.82) is 0 Å². The molecule has 1 unspecified atom stereocenters. The first-order chi connectivity index (χ1) is 51.0. The van der Waals surface area contributed by atoms with Gasteiger partial charge in [0.2, 0.25) is 0 Å². The molecule has 6 heterocycles. The zero-order valence-corrected chi connectivity index (χ0v) is 68.9. The molecule has 0 nitrogen and oxygen atoms in total. The monoisotopic (exact) mass is 1480 g/mol. The molecule has 11 aromatic rings. The molecule has 0 saturated heterocycles. The van der Waals surface area contributed by atoms with Crippen molar-refractivity contribution in [2.45, 2.75) is 327 Å². The molecule has 0 radical (unpaired) electrons. The number of hydrogen-bond acceptors (Lipinski definition) is 6. The Morgan fingerprint density at radius 1 is 0.252 bits per heavy atom. The van der Waals surface area contributed by atoms with E-state index in [0.29, 0.717) is 0 Å². The van der Waals surface area contributed by atoms with E-state index in [-0.39, 0.29) is 0 Å². The Morgan fingerprint density at radius 3 is 0.777 bits per heavy atom. The molecule has 2 aliphatic carbocycles. The van der Waals surface area contributed by atoms with E-state index in [1.54, 1.807) is 0 Å². The molecule has 0 bridgehead atoms. The Hall–Kier alpha value is -4.66. The highest BCUT2D eigenvalue weighted by Gasteiger charge is 2.54. The van der Waals surface area contributed by atoms with E-state index in [0.717, 1.165) is 19.3 Å². The summed E-state index contributed by atoms with van der Waals surface area (Å²) < 4.78 is 11.7. The normalized spacial score (nSPS) is 14.5. The average molecular weight is 1480 g/mol. The van der Waals surface area contributed by atoms with E-state index in [1.807, 2.05) is 22.7 Å². The Kier molecular flexibility index (Phi) is 28.9. The van der Waals surface area contributed by atoms with Crippen LogP contribution in [-0.2, 0) is 30.1 Å². The van der Waals surface area contributed by atoms with Gasteiger partial charge >= 0.3 is 0 Å². The zero-order chi connectivity index (χ0) is 70.5. The molecule has 0 aliphatic heterocycles. The summed E-state index contributed by atoms with van der Waals surface area (Å²) in [5, 5.41) is 4.66. The second-order valence-electron chi connectivity index (χ2n) is 31.8. The van der Waals surface area contributed by atoms with E-state index >= 15 is 0 Å². The third-order valence-electron chi connectivity index (χ3n) is 24.1. The van der Waals surface area contributed by atoms with Gasteiger partial charge in [-0.2, -0.15) is 0 Å². The summed E-state index contributed by atoms with van der Waals surface area (Å²) in [6.45, 7) is 9.24. The molecule has 1 atom stereocenters. The van der Waals surface area contributed by atoms with Crippen LogP contribution in [0.4, 0.5) is 0 Å². The maximum Gasteiger partial charge on any atom is 0.0736 e. The predicted molar refractivity (Wildman–Crippen MR) is 465 cm³/mol. The van der Waals surface area contributed by atoms with E-state index in [4.69, 9.17) is 0 Å². The van der Waals surface area contributed by atoms with Crippen LogP contribution in [0.2, 0.25) is 0 Å². The summed E-state index contributed by atoms with van der Waals surface area (Å²) in [5.74, 6) is 0. The van der Waals surface area contributed by atoms with Crippen molar-refractivity contribution in [1.82, 2.24) is 0 Å². The molecule has 103 heavy (non-hydrogen) atoms. The maximum atomic E-state index is 2.80. The fourth-order valence-electron chi connectivity index (χ4n) is 18.2. The lowest BCUT2D eigenvalue weighted by molar-refractivity contribution is 0.535. The first kappa shape index (κ1) is 76.5. The van der Waals surface area contributed by atoms with Gasteiger partial charge in [-0.25, -0.2) is 0 Å². The minimum atomic E-state index is -0.522. The molecule has 0 saturated carbocycles. The molecule has 2 aliphatic rings. The van der Waals surface area contributed by atoms with Crippen molar-refractivity contribution in [3.8, 4) is 20.9 Å². The van der Waals surface area contributed by atoms with Crippen molar-refractivity contribution in [3.63, 3.8) is 0 Å². The minimum absolute atomic E-state index is 0.517. The fraction of sp³-hybridized carbons (Fsp3) is 0.526. The SMILES string of the molecule is CCCCCCCCCCCCCCCCc1ccc(C2(c3ccc(C)cc3)c3cc4c(cc3-c3sc5c(sc6ccsc65)c32)C(c2ccc(CCCCCCCCCCCCCCCC)cc2)(c2ccc(CCCCCCCCCCCCCCCC)cc2)c2c-4sc3c2sc2ccsc23)cc1. The number of thiophene rings is 6. The first-order valence-corrected chi connectivity index (χ1v) is 47.4. The smallest absolute Gasteiger partial charge is 0.0736 e. The van der Waals surface area contributed by atoms with Gasteiger partial charge in [0, 0.05) is 30.3 Å². The van der Waals surface area contributed by atoms with Gasteiger partial charge < -0.3 is 0 Å². The quantitative estimate of drug-likeness (QED) is 0.0334. The second kappa shape index (κ2) is 38.9. The van der Waals surface area contributed by atoms with Crippen molar-refractivity contribution in [2.75, 3.05) is 0 Å². The van der Waals surface area contributed by atoms with E-state index < -0.39 is 10.8 Å². The highest BCUT2D eigenvalue weighted by Crippen LogP contribution is 2.69. The van der Waals surface area contributed by atoms with Crippen molar-refractivity contribution in [2.24, 2.45) is 0 Å². The highest BCUT2D eigenvalue weighted by atomic mass is 32.1. The number of aryl methyl sites for hydroxylation is 4. The molecular formula is C97H124S6. The topological polar surface area (TPSA) is 0 Å². The summed E-state index contributed by atoms with van der Waals surface area (Å²) in [6, 6.07) is 51.0. The van der Waals surface area contributed by atoms with Crippen LogP contribution >= 0.6 is 68.0 Å². The van der Waals surface area contributed by atoms with Gasteiger partial charge in [-0.15, -0.1) is 68.0 Å². The van der Waals surface area contributed by atoms with Gasteiger partial charge in [0.15, 0.2) is 0 Å². The molecule has 13 rings (SSSR count). The van der Waals surface area contributed by atoms with Crippen LogP contribution in [0, 0.1) is 6.92 Å². The number of rotatable bonds is 49. The Balaban J connectivity index is 0.821. The van der Waals surface area contributed by atoms with Crippen molar-refractivity contribution in [3.05, 3.63) is 199 Å². The second-order valence-corrected chi connectivity index (χ2v) is 37.8. The van der Waals surface area contributed by atoms with Crippen LogP contribution in [0.3, 0.4) is 0 Å². The summed E-state index contributed by atoms with van der Waals surface area (Å²) >= 11 is 12.2. The van der Waals surface area contributed by atoms with Crippen LogP contribution in [0.25, 0.3) is 58.5 Å². The number of unbranched alkanes of at least 4 members (excludes halogenated alkanes) is 39. The molecule has 0 fully saturated rings. The average Bonchev–Trinajstić information content (AvgIpc) is 1.49. The lowest BCUT2D eigenvalue weighted by Gasteiger charge is -2.36. The largest absolute Gasteiger partial charge is 0.141 e. The van der Waals surface area contributed by atoms with E-state index in [9.17, 15) is 0 Å². The maximum absolute atomic E-state index is 2.80. The van der Waals surface area contributed by atoms with Gasteiger partial charge in [0.1, 0.15) is 0 Å². The summed E-state index contributed by atoms with van der Waals surface area (Å²) in [4.78, 5) is 2.95. The number of hydrogen-bond donors (Lipinski definition) is 0. The molecule has 5 aromatic carbocycles. The fourth-order valence-corrected chi connectivity index (χ4v) is 26.5. The van der Waals surface area contributed by atoms with E-state index in [1.165, 1.54) is 395 Å². The third kappa shape index (κ3) is 17.7. The van der Waals surface area contributed by atoms with E-state index in [2.05, 4.69) is 205 Å². The summed E-state index contributed by atoms with van der Waals surface area (Å²) in [5.41, 5.74) is 19.2. The Morgan fingerprint density at radius 2 is 0.505 bits per heavy atom. The van der Waals surface area contributed by atoms with Gasteiger partial charge in [-0.3, -0.25) is 0 Å². The third-order valence-corrected chi connectivity index (χ3v) is 31.6. The number of benzene rings is 5. The standard InChI is InChI=1S/C97H124S6/c1-5-8-11-14-17-20-23-26-29-32-35-38-41-44-47-73-52-60-77(61-53-73)96(76-58-50-72(4)51-59-76)82-70-81-83(71-80(82)88-86(96)92-94(102-88)90-84(100-92)66-68-98-90)97(87-89(81)103-95-91-85(67-69-99-91)101-93(87)95,78-62-54-74(55-63-78)48-45-42-39-36-33-30-27-24-21-18-15-12-9-6-2)79-64-56-75(57-65-79)49-46-43-40-37-34-31-28-25-22-19-16-13-10-7-3/h50-71H,5-49H2,1-4H3. The molecule has 0 N–H and O–H groups in total. The van der Waals surface area contributed by atoms with Crippen molar-refractivity contribution >= 4 is 106 Å². The van der Waals surface area contributed by atoms with Gasteiger partial charge in [-0.05, 0) is 142 Å². The van der Waals surface area contributed by atoms with Crippen LogP contribution in [-0.4, -0.2) is 0 Å². The Labute approximate surface area is 647 Å². The van der Waals surface area contributed by atoms with Crippen LogP contribution < -0.4 is 0 Å². The summed E-state index contributed by atoms with van der Waals surface area (Å²) in [6.07, 6.45) is 62.0. The van der Waals surface area contributed by atoms with Gasteiger partial charge in [-0.1, -0.05) is 374 Å². The summed E-state index contributed by atoms with van der Waals surface area (Å²) in [7, 11) is 0. The molecular weight excluding hydrogens is 1360 g/mol. The first-order valence-electron chi connectivity index (χ1n) is 42.4. The molecule has 6 heteroatoms. The van der Waals surface area contributed by atoms with Crippen molar-refractivity contribution < 1.29 is 0 Å². The lowest BCUT2D eigenvalue weighted by Crippen LogP contribution is -2.30. The minimum Gasteiger partial charge on any atom is -0.141 e. The highest BCUT2D eigenvalue weighted by molar-refractivity contribution is 7.40. The van der Waals surface area contributed by atoms with Gasteiger partial charge in [0.25, 0.3) is 0 Å². The zero-order valence-electron chi connectivity index (χ0n) is 64.0.